The summed E-state index contributed by atoms with van der Waals surface area (Å²) < 4.78 is 0. The number of hydrogen-bond donors (Lipinski definition) is 1. The molecule has 0 aromatic heterocycles. The second-order valence-electron chi connectivity index (χ2n) is 7.63. The van der Waals surface area contributed by atoms with Gasteiger partial charge in [0, 0.05) is 25.6 Å². The molecule has 3 heteroatoms. The van der Waals surface area contributed by atoms with E-state index in [9.17, 15) is 4.79 Å². The van der Waals surface area contributed by atoms with E-state index < -0.39 is 0 Å². The number of amides is 1. The van der Waals surface area contributed by atoms with Crippen LogP contribution in [0.2, 0.25) is 0 Å². The molecule has 2 N–H and O–H groups in total. The Hall–Kier alpha value is -0.570. The first-order valence-corrected chi connectivity index (χ1v) is 7.91. The summed E-state index contributed by atoms with van der Waals surface area (Å²) in [4.78, 5) is 14.1. The molecular formula is C16H30N2O. The Labute approximate surface area is 117 Å². The normalized spacial score (nSPS) is 27.9. The highest BCUT2D eigenvalue weighted by atomic mass is 16.2. The number of hydrogen-bond acceptors (Lipinski definition) is 2. The first-order chi connectivity index (χ1) is 8.88. The zero-order valence-corrected chi connectivity index (χ0v) is 12.8. The Morgan fingerprint density at radius 3 is 2.42 bits per heavy atom. The lowest BCUT2D eigenvalue weighted by Gasteiger charge is -2.31. The molecule has 2 fully saturated rings. The maximum atomic E-state index is 12.1. The van der Waals surface area contributed by atoms with Gasteiger partial charge in [-0.25, -0.2) is 0 Å². The first-order valence-electron chi connectivity index (χ1n) is 7.91. The third-order valence-corrected chi connectivity index (χ3v) is 5.13. The monoisotopic (exact) mass is 266 g/mol. The van der Waals surface area contributed by atoms with Crippen molar-refractivity contribution in [3.63, 3.8) is 0 Å². The van der Waals surface area contributed by atoms with E-state index in [-0.39, 0.29) is 11.5 Å². The quantitative estimate of drug-likeness (QED) is 0.854. The topological polar surface area (TPSA) is 46.3 Å². The number of carbonyl (C=O) groups is 1. The summed E-state index contributed by atoms with van der Waals surface area (Å²) >= 11 is 0. The van der Waals surface area contributed by atoms with Crippen molar-refractivity contribution in [2.24, 2.45) is 23.0 Å². The van der Waals surface area contributed by atoms with Crippen molar-refractivity contribution in [2.75, 3.05) is 13.1 Å². The summed E-state index contributed by atoms with van der Waals surface area (Å²) in [5.74, 6) is 1.43. The van der Waals surface area contributed by atoms with Crippen LogP contribution in [0.3, 0.4) is 0 Å². The van der Waals surface area contributed by atoms with E-state index in [2.05, 4.69) is 20.8 Å². The van der Waals surface area contributed by atoms with Crippen molar-refractivity contribution >= 4 is 5.91 Å². The third-order valence-electron chi connectivity index (χ3n) is 5.13. The Morgan fingerprint density at radius 2 is 1.89 bits per heavy atom. The number of carbonyl (C=O) groups excluding carboxylic acids is 1. The molecule has 0 aromatic carbocycles. The van der Waals surface area contributed by atoms with E-state index in [1.165, 1.54) is 32.1 Å². The summed E-state index contributed by atoms with van der Waals surface area (Å²) in [5.41, 5.74) is 6.57. The van der Waals surface area contributed by atoms with E-state index in [1.807, 2.05) is 4.90 Å². The fraction of sp³-hybridized carbons (Fsp3) is 0.938. The van der Waals surface area contributed by atoms with E-state index in [1.54, 1.807) is 0 Å². The van der Waals surface area contributed by atoms with E-state index in [4.69, 9.17) is 5.73 Å². The molecule has 1 heterocycles. The summed E-state index contributed by atoms with van der Waals surface area (Å²) in [7, 11) is 0. The van der Waals surface area contributed by atoms with Gasteiger partial charge in [0.1, 0.15) is 0 Å². The molecule has 2 rings (SSSR count). The fourth-order valence-corrected chi connectivity index (χ4v) is 3.49. The van der Waals surface area contributed by atoms with Crippen LogP contribution in [-0.2, 0) is 4.79 Å². The van der Waals surface area contributed by atoms with Crippen LogP contribution in [0.15, 0.2) is 0 Å². The molecule has 1 amide bonds. The maximum absolute atomic E-state index is 12.1. The van der Waals surface area contributed by atoms with Crippen molar-refractivity contribution in [3.8, 4) is 0 Å². The van der Waals surface area contributed by atoms with Gasteiger partial charge in [-0.2, -0.15) is 0 Å². The fourth-order valence-electron chi connectivity index (χ4n) is 3.49. The van der Waals surface area contributed by atoms with Crippen molar-refractivity contribution in [1.29, 1.82) is 0 Å². The van der Waals surface area contributed by atoms with Crippen molar-refractivity contribution in [3.05, 3.63) is 0 Å². The molecule has 1 aliphatic heterocycles. The van der Waals surface area contributed by atoms with E-state index in [0.717, 1.165) is 13.1 Å². The average Bonchev–Trinajstić information content (AvgIpc) is 2.72. The summed E-state index contributed by atoms with van der Waals surface area (Å²) in [6.07, 6.45) is 7.21. The highest BCUT2D eigenvalue weighted by Crippen LogP contribution is 2.35. The number of likely N-dealkylation sites (tertiary alicyclic amines) is 1. The Bertz CT molecular complexity index is 315. The van der Waals surface area contributed by atoms with Gasteiger partial charge in [0.25, 0.3) is 0 Å². The molecule has 2 unspecified atom stereocenters. The van der Waals surface area contributed by atoms with Gasteiger partial charge in [0.15, 0.2) is 0 Å². The van der Waals surface area contributed by atoms with Gasteiger partial charge in [-0.15, -0.1) is 0 Å². The maximum Gasteiger partial charge on any atom is 0.222 e. The molecule has 0 spiro atoms. The van der Waals surface area contributed by atoms with Gasteiger partial charge < -0.3 is 10.6 Å². The van der Waals surface area contributed by atoms with Crippen LogP contribution < -0.4 is 5.73 Å². The van der Waals surface area contributed by atoms with Crippen LogP contribution in [0.1, 0.15) is 59.3 Å². The van der Waals surface area contributed by atoms with Crippen LogP contribution >= 0.6 is 0 Å². The molecule has 0 aromatic rings. The zero-order valence-electron chi connectivity index (χ0n) is 12.8. The molecule has 0 bridgehead atoms. The van der Waals surface area contributed by atoms with Crippen molar-refractivity contribution < 1.29 is 4.79 Å². The van der Waals surface area contributed by atoms with Crippen LogP contribution in [0.5, 0.6) is 0 Å². The van der Waals surface area contributed by atoms with Gasteiger partial charge in [0.05, 0.1) is 0 Å². The van der Waals surface area contributed by atoms with Gasteiger partial charge in [-0.3, -0.25) is 4.79 Å². The standard InChI is InChI=1S/C16H30N2O/c1-16(2,3)13-9-15(19)18(10-13)11-14(17)12-7-5-4-6-8-12/h12-14H,4-11,17H2,1-3H3. The average molecular weight is 266 g/mol. The van der Waals surface area contributed by atoms with Crippen molar-refractivity contribution in [1.82, 2.24) is 4.90 Å². The van der Waals surface area contributed by atoms with Crippen LogP contribution in [0, 0.1) is 17.3 Å². The molecule has 3 nitrogen and oxygen atoms in total. The zero-order chi connectivity index (χ0) is 14.0. The second-order valence-corrected chi connectivity index (χ2v) is 7.63. The second kappa shape index (κ2) is 5.82. The van der Waals surface area contributed by atoms with Gasteiger partial charge >= 0.3 is 0 Å². The number of nitrogens with two attached hydrogens (primary N) is 1. The lowest BCUT2D eigenvalue weighted by molar-refractivity contribution is -0.128. The van der Waals surface area contributed by atoms with Gasteiger partial charge in [-0.1, -0.05) is 40.0 Å². The summed E-state index contributed by atoms with van der Waals surface area (Å²) in [6.45, 7) is 8.37. The number of nitrogens with zero attached hydrogens (tertiary/aromatic N) is 1. The van der Waals surface area contributed by atoms with Crippen LogP contribution in [0.25, 0.3) is 0 Å². The van der Waals surface area contributed by atoms with E-state index >= 15 is 0 Å². The molecule has 0 radical (unpaired) electrons. The van der Waals surface area contributed by atoms with Gasteiger partial charge in [-0.05, 0) is 30.1 Å². The molecule has 1 saturated heterocycles. The van der Waals surface area contributed by atoms with E-state index in [0.29, 0.717) is 24.2 Å². The highest BCUT2D eigenvalue weighted by Gasteiger charge is 2.37. The minimum atomic E-state index is 0.183. The van der Waals surface area contributed by atoms with Gasteiger partial charge in [0.2, 0.25) is 5.91 Å². The molecular weight excluding hydrogens is 236 g/mol. The molecule has 2 aliphatic rings. The van der Waals surface area contributed by atoms with Crippen LogP contribution in [0.4, 0.5) is 0 Å². The predicted octanol–water partition coefficient (Wildman–Crippen LogP) is 2.79. The molecule has 2 atom stereocenters. The minimum Gasteiger partial charge on any atom is -0.341 e. The SMILES string of the molecule is CC(C)(C)C1CC(=O)N(CC(N)C2CCCCC2)C1. The molecule has 1 saturated carbocycles. The molecule has 110 valence electrons. The molecule has 19 heavy (non-hydrogen) atoms. The predicted molar refractivity (Wildman–Crippen MR) is 78.7 cm³/mol. The van der Waals surface area contributed by atoms with Crippen LogP contribution in [-0.4, -0.2) is 29.9 Å². The van der Waals surface area contributed by atoms with Crippen molar-refractivity contribution in [2.45, 2.75) is 65.3 Å². The first kappa shape index (κ1) is 14.8. The largest absolute Gasteiger partial charge is 0.341 e. The summed E-state index contributed by atoms with van der Waals surface area (Å²) in [5, 5.41) is 0. The Morgan fingerprint density at radius 1 is 1.26 bits per heavy atom. The summed E-state index contributed by atoms with van der Waals surface area (Å²) in [6, 6.07) is 0.183. The lowest BCUT2D eigenvalue weighted by Crippen LogP contribution is -2.43. The lowest BCUT2D eigenvalue weighted by atomic mass is 9.80. The smallest absolute Gasteiger partial charge is 0.222 e. The third kappa shape index (κ3) is 3.71. The number of rotatable bonds is 3. The minimum absolute atomic E-state index is 0.183. The Balaban J connectivity index is 1.87. The Kier molecular flexibility index (Phi) is 4.54. The molecule has 1 aliphatic carbocycles. The highest BCUT2D eigenvalue weighted by molar-refractivity contribution is 5.78.